The van der Waals surface area contributed by atoms with Gasteiger partial charge in [0.15, 0.2) is 0 Å². The van der Waals surface area contributed by atoms with E-state index in [-0.39, 0.29) is 6.04 Å². The van der Waals surface area contributed by atoms with E-state index < -0.39 is 6.17 Å². The minimum atomic E-state index is -0.791. The summed E-state index contributed by atoms with van der Waals surface area (Å²) < 4.78 is 12.1. The molecule has 2 nitrogen and oxygen atoms in total. The fourth-order valence-electron chi connectivity index (χ4n) is 0.734. The molecule has 0 aromatic rings. The van der Waals surface area contributed by atoms with Crippen LogP contribution in [0, 0.1) is 0 Å². The Labute approximate surface area is 47.1 Å². The predicted octanol–water partition coefficient (Wildman–Crippen LogP) is 0.233. The van der Waals surface area contributed by atoms with Gasteiger partial charge in [-0.2, -0.15) is 0 Å². The van der Waals surface area contributed by atoms with Gasteiger partial charge in [-0.25, -0.2) is 4.39 Å². The van der Waals surface area contributed by atoms with Crippen molar-refractivity contribution in [3.63, 3.8) is 0 Å². The molecular weight excluding hydrogens is 109 g/mol. The molecule has 2 atom stereocenters. The maximum absolute atomic E-state index is 12.1. The lowest BCUT2D eigenvalue weighted by Gasteiger charge is -2.29. The van der Waals surface area contributed by atoms with E-state index in [0.29, 0.717) is 12.8 Å². The lowest BCUT2D eigenvalue weighted by molar-refractivity contribution is -0.111. The average Bonchev–Trinajstić information content (AvgIpc) is 1.79. The van der Waals surface area contributed by atoms with Crippen LogP contribution in [0.2, 0.25) is 0 Å². The monoisotopic (exact) mass is 117 g/mol. The summed E-state index contributed by atoms with van der Waals surface area (Å²) in [7, 11) is 0. The summed E-state index contributed by atoms with van der Waals surface area (Å²) in [5, 5.41) is 2.38. The molecule has 1 aliphatic carbocycles. The Morgan fingerprint density at radius 1 is 1.62 bits per heavy atom. The second-order valence-electron chi connectivity index (χ2n) is 1.98. The Bertz CT molecular complexity index is 96.4. The van der Waals surface area contributed by atoms with E-state index in [4.69, 9.17) is 0 Å². The molecule has 0 aromatic carbocycles. The van der Waals surface area contributed by atoms with Crippen molar-refractivity contribution in [2.45, 2.75) is 25.1 Å². The molecule has 1 aliphatic rings. The summed E-state index contributed by atoms with van der Waals surface area (Å²) in [5.74, 6) is 0. The van der Waals surface area contributed by atoms with Gasteiger partial charge in [-0.3, -0.25) is 4.79 Å². The zero-order valence-electron chi connectivity index (χ0n) is 4.43. The van der Waals surface area contributed by atoms with Crippen LogP contribution in [0.25, 0.3) is 0 Å². The Balaban J connectivity index is 2.16. The lowest BCUT2D eigenvalue weighted by Crippen LogP contribution is -2.44. The fourth-order valence-corrected chi connectivity index (χ4v) is 0.734. The van der Waals surface area contributed by atoms with Crippen LogP contribution in [-0.2, 0) is 4.79 Å². The molecule has 8 heavy (non-hydrogen) atoms. The number of alkyl halides is 1. The van der Waals surface area contributed by atoms with E-state index in [0.717, 1.165) is 6.42 Å². The molecule has 1 N–H and O–H groups in total. The van der Waals surface area contributed by atoms with E-state index in [9.17, 15) is 9.18 Å². The molecule has 1 saturated carbocycles. The van der Waals surface area contributed by atoms with Crippen LogP contribution in [0.3, 0.4) is 0 Å². The standard InChI is InChI=1S/C5H8FNO/c6-4-1-2-5(4)7-3-8/h3-5H,1-2H2,(H,7,8). The molecule has 0 aliphatic heterocycles. The summed E-state index contributed by atoms with van der Waals surface area (Å²) in [6.07, 6.45) is 1.15. The van der Waals surface area contributed by atoms with Gasteiger partial charge in [0.25, 0.3) is 0 Å². The van der Waals surface area contributed by atoms with Crippen LogP contribution >= 0.6 is 0 Å². The molecule has 0 saturated heterocycles. The zero-order chi connectivity index (χ0) is 5.98. The molecule has 2 unspecified atom stereocenters. The minimum absolute atomic E-state index is 0.188. The molecule has 0 radical (unpaired) electrons. The topological polar surface area (TPSA) is 29.1 Å². The van der Waals surface area contributed by atoms with Crippen molar-refractivity contribution < 1.29 is 9.18 Å². The number of carbonyl (C=O) groups excluding carboxylic acids is 1. The SMILES string of the molecule is O=CNC1CCC1F. The second kappa shape index (κ2) is 2.11. The van der Waals surface area contributed by atoms with Crippen molar-refractivity contribution in [1.82, 2.24) is 5.32 Å². The molecular formula is C5H8FNO. The Kier molecular flexibility index (Phi) is 1.46. The summed E-state index contributed by atoms with van der Waals surface area (Å²) >= 11 is 0. The maximum atomic E-state index is 12.1. The van der Waals surface area contributed by atoms with E-state index in [1.54, 1.807) is 0 Å². The first-order valence-electron chi connectivity index (χ1n) is 2.68. The molecule has 0 spiro atoms. The van der Waals surface area contributed by atoms with Crippen molar-refractivity contribution >= 4 is 6.41 Å². The van der Waals surface area contributed by atoms with E-state index in [1.165, 1.54) is 0 Å². The Morgan fingerprint density at radius 3 is 2.50 bits per heavy atom. The summed E-state index contributed by atoms with van der Waals surface area (Å²) in [6, 6.07) is -0.188. The van der Waals surface area contributed by atoms with Gasteiger partial charge in [0.2, 0.25) is 6.41 Å². The van der Waals surface area contributed by atoms with Gasteiger partial charge in [0.1, 0.15) is 6.17 Å². The van der Waals surface area contributed by atoms with Crippen molar-refractivity contribution in [1.29, 1.82) is 0 Å². The first-order valence-corrected chi connectivity index (χ1v) is 2.68. The van der Waals surface area contributed by atoms with Crippen LogP contribution in [-0.4, -0.2) is 18.6 Å². The number of hydrogen-bond donors (Lipinski definition) is 1. The molecule has 46 valence electrons. The largest absolute Gasteiger partial charge is 0.353 e. The highest BCUT2D eigenvalue weighted by atomic mass is 19.1. The molecule has 1 amide bonds. The molecule has 1 fully saturated rings. The summed E-state index contributed by atoms with van der Waals surface area (Å²) in [5.41, 5.74) is 0. The maximum Gasteiger partial charge on any atom is 0.207 e. The van der Waals surface area contributed by atoms with Crippen LogP contribution in [0.1, 0.15) is 12.8 Å². The number of nitrogens with one attached hydrogen (secondary N) is 1. The summed E-state index contributed by atoms with van der Waals surface area (Å²) in [4.78, 5) is 9.68. The number of amides is 1. The number of hydrogen-bond acceptors (Lipinski definition) is 1. The highest BCUT2D eigenvalue weighted by Crippen LogP contribution is 2.22. The quantitative estimate of drug-likeness (QED) is 0.515. The van der Waals surface area contributed by atoms with Crippen molar-refractivity contribution in [3.05, 3.63) is 0 Å². The van der Waals surface area contributed by atoms with Crippen molar-refractivity contribution in [2.75, 3.05) is 0 Å². The van der Waals surface area contributed by atoms with Crippen LogP contribution in [0.5, 0.6) is 0 Å². The van der Waals surface area contributed by atoms with Gasteiger partial charge in [-0.05, 0) is 12.8 Å². The third-order valence-corrected chi connectivity index (χ3v) is 1.47. The first-order chi connectivity index (χ1) is 3.84. The van der Waals surface area contributed by atoms with E-state index in [1.807, 2.05) is 0 Å². The predicted molar refractivity (Wildman–Crippen MR) is 27.1 cm³/mol. The molecule has 1 rings (SSSR count). The van der Waals surface area contributed by atoms with Gasteiger partial charge < -0.3 is 5.32 Å². The molecule has 0 aromatic heterocycles. The number of rotatable bonds is 2. The number of carbonyl (C=O) groups is 1. The summed E-state index contributed by atoms with van der Waals surface area (Å²) in [6.45, 7) is 0. The number of halogens is 1. The smallest absolute Gasteiger partial charge is 0.207 e. The highest BCUT2D eigenvalue weighted by Gasteiger charge is 2.29. The van der Waals surface area contributed by atoms with Crippen LogP contribution in [0.15, 0.2) is 0 Å². The average molecular weight is 117 g/mol. The van der Waals surface area contributed by atoms with Crippen molar-refractivity contribution in [2.24, 2.45) is 0 Å². The van der Waals surface area contributed by atoms with Crippen LogP contribution in [0.4, 0.5) is 4.39 Å². The fraction of sp³-hybridized carbons (Fsp3) is 0.800. The third-order valence-electron chi connectivity index (χ3n) is 1.47. The molecule has 0 bridgehead atoms. The van der Waals surface area contributed by atoms with E-state index >= 15 is 0 Å². The first kappa shape index (κ1) is 5.54. The highest BCUT2D eigenvalue weighted by molar-refractivity contribution is 5.47. The van der Waals surface area contributed by atoms with Crippen molar-refractivity contribution in [3.8, 4) is 0 Å². The van der Waals surface area contributed by atoms with Gasteiger partial charge >= 0.3 is 0 Å². The van der Waals surface area contributed by atoms with Gasteiger partial charge in [0, 0.05) is 0 Å². The lowest BCUT2D eigenvalue weighted by atomic mass is 9.91. The van der Waals surface area contributed by atoms with Gasteiger partial charge in [-0.15, -0.1) is 0 Å². The Morgan fingerprint density at radius 2 is 2.38 bits per heavy atom. The third kappa shape index (κ3) is 0.804. The molecule has 0 heterocycles. The normalized spacial score (nSPS) is 35.6. The zero-order valence-corrected chi connectivity index (χ0v) is 4.43. The van der Waals surface area contributed by atoms with Gasteiger partial charge in [0.05, 0.1) is 6.04 Å². The van der Waals surface area contributed by atoms with Gasteiger partial charge in [-0.1, -0.05) is 0 Å². The van der Waals surface area contributed by atoms with Crippen LogP contribution < -0.4 is 5.32 Å². The minimum Gasteiger partial charge on any atom is -0.353 e. The van der Waals surface area contributed by atoms with E-state index in [2.05, 4.69) is 5.32 Å². The molecule has 3 heteroatoms. The Hall–Kier alpha value is -0.600. The second-order valence-corrected chi connectivity index (χ2v) is 1.98.